The highest BCUT2D eigenvalue weighted by Crippen LogP contribution is 2.39. The van der Waals surface area contributed by atoms with Crippen LogP contribution in [0.5, 0.6) is 11.5 Å². The van der Waals surface area contributed by atoms with Gasteiger partial charge in [0.15, 0.2) is 11.5 Å². The van der Waals surface area contributed by atoms with E-state index in [1.807, 2.05) is 0 Å². The van der Waals surface area contributed by atoms with Crippen LogP contribution in [0.3, 0.4) is 0 Å². The van der Waals surface area contributed by atoms with Crippen LogP contribution in [0.25, 0.3) is 11.1 Å². The summed E-state index contributed by atoms with van der Waals surface area (Å²) < 4.78 is 24.9. The number of aromatic carboxylic acids is 1. The summed E-state index contributed by atoms with van der Waals surface area (Å²) in [6.07, 6.45) is 0. The van der Waals surface area contributed by atoms with Crippen molar-refractivity contribution in [3.05, 3.63) is 47.3 Å². The number of hydrogen-bond acceptors (Lipinski definition) is 3. The molecule has 0 saturated carbocycles. The second-order valence-corrected chi connectivity index (χ2v) is 4.84. The molecule has 1 aliphatic rings. The summed E-state index contributed by atoms with van der Waals surface area (Å²) in [6, 6.07) is 7.82. The Bertz CT molecular complexity index is 724. The van der Waals surface area contributed by atoms with Gasteiger partial charge in [-0.3, -0.25) is 0 Å². The van der Waals surface area contributed by atoms with Gasteiger partial charge in [0, 0.05) is 5.56 Å². The largest absolute Gasteiger partial charge is 0.486 e. The lowest BCUT2D eigenvalue weighted by Gasteiger charge is -2.21. The lowest BCUT2D eigenvalue weighted by atomic mass is 10.00. The fourth-order valence-corrected chi connectivity index (χ4v) is 2.32. The van der Waals surface area contributed by atoms with Crippen molar-refractivity contribution in [1.82, 2.24) is 0 Å². The summed E-state index contributed by atoms with van der Waals surface area (Å²) in [7, 11) is 0. The maximum atomic E-state index is 14.1. The number of carboxylic acids is 1. The standard InChI is InChI=1S/C16H13FO4/c1-9-2-3-11(13(17)6-9)10-7-12(16(18)19)15-14(8-10)20-4-5-21-15/h2-3,6-8H,4-5H2,1H3,(H,18,19). The molecule has 0 atom stereocenters. The van der Waals surface area contributed by atoms with E-state index < -0.39 is 11.8 Å². The quantitative estimate of drug-likeness (QED) is 0.921. The number of benzene rings is 2. The van der Waals surface area contributed by atoms with Crippen LogP contribution in [0.4, 0.5) is 4.39 Å². The van der Waals surface area contributed by atoms with E-state index in [9.17, 15) is 14.3 Å². The molecule has 4 nitrogen and oxygen atoms in total. The number of rotatable bonds is 2. The number of aryl methyl sites for hydroxylation is 1. The summed E-state index contributed by atoms with van der Waals surface area (Å²) in [6.45, 7) is 2.43. The van der Waals surface area contributed by atoms with Crippen molar-refractivity contribution in [3.63, 3.8) is 0 Å². The molecule has 5 heteroatoms. The number of halogens is 1. The summed E-state index contributed by atoms with van der Waals surface area (Å²) >= 11 is 0. The van der Waals surface area contributed by atoms with Gasteiger partial charge in [-0.1, -0.05) is 12.1 Å². The zero-order chi connectivity index (χ0) is 15.0. The minimum Gasteiger partial charge on any atom is -0.486 e. The van der Waals surface area contributed by atoms with Crippen LogP contribution >= 0.6 is 0 Å². The Morgan fingerprint density at radius 2 is 1.95 bits per heavy atom. The van der Waals surface area contributed by atoms with Crippen LogP contribution in [0.1, 0.15) is 15.9 Å². The molecule has 0 fully saturated rings. The van der Waals surface area contributed by atoms with Gasteiger partial charge in [-0.2, -0.15) is 0 Å². The summed E-state index contributed by atoms with van der Waals surface area (Å²) in [4.78, 5) is 11.4. The topological polar surface area (TPSA) is 55.8 Å². The minimum absolute atomic E-state index is 0.0258. The molecule has 2 aromatic carbocycles. The van der Waals surface area contributed by atoms with E-state index in [-0.39, 0.29) is 11.3 Å². The number of hydrogen-bond donors (Lipinski definition) is 1. The molecule has 2 aromatic rings. The third-order valence-corrected chi connectivity index (χ3v) is 3.31. The van der Waals surface area contributed by atoms with E-state index in [2.05, 4.69) is 0 Å². The third kappa shape index (κ3) is 2.42. The fraction of sp³-hybridized carbons (Fsp3) is 0.188. The van der Waals surface area contributed by atoms with Crippen LogP contribution in [0.2, 0.25) is 0 Å². The number of carbonyl (C=O) groups is 1. The van der Waals surface area contributed by atoms with Gasteiger partial charge in [0.2, 0.25) is 0 Å². The van der Waals surface area contributed by atoms with Crippen molar-refractivity contribution in [2.75, 3.05) is 13.2 Å². The second-order valence-electron chi connectivity index (χ2n) is 4.84. The molecule has 0 aliphatic carbocycles. The van der Waals surface area contributed by atoms with E-state index in [0.29, 0.717) is 30.1 Å². The van der Waals surface area contributed by atoms with Gasteiger partial charge in [-0.05, 0) is 36.2 Å². The van der Waals surface area contributed by atoms with Gasteiger partial charge in [0.25, 0.3) is 0 Å². The Balaban J connectivity index is 2.19. The highest BCUT2D eigenvalue weighted by atomic mass is 19.1. The lowest BCUT2D eigenvalue weighted by Crippen LogP contribution is -2.18. The van der Waals surface area contributed by atoms with Crippen molar-refractivity contribution in [3.8, 4) is 22.6 Å². The smallest absolute Gasteiger partial charge is 0.339 e. The van der Waals surface area contributed by atoms with Crippen molar-refractivity contribution in [1.29, 1.82) is 0 Å². The number of ether oxygens (including phenoxy) is 2. The van der Waals surface area contributed by atoms with E-state index >= 15 is 0 Å². The monoisotopic (exact) mass is 288 g/mol. The van der Waals surface area contributed by atoms with Gasteiger partial charge in [-0.25, -0.2) is 9.18 Å². The van der Waals surface area contributed by atoms with Crippen molar-refractivity contribution in [2.24, 2.45) is 0 Å². The van der Waals surface area contributed by atoms with E-state index in [0.717, 1.165) is 5.56 Å². The predicted octanol–water partition coefficient (Wildman–Crippen LogP) is 3.27. The number of fused-ring (bicyclic) bond motifs is 1. The first-order chi connectivity index (χ1) is 10.1. The molecule has 0 spiro atoms. The maximum absolute atomic E-state index is 14.1. The van der Waals surface area contributed by atoms with Crippen molar-refractivity contribution in [2.45, 2.75) is 6.92 Å². The molecule has 3 rings (SSSR count). The van der Waals surface area contributed by atoms with Gasteiger partial charge >= 0.3 is 5.97 Å². The molecule has 0 saturated heterocycles. The molecule has 0 radical (unpaired) electrons. The Morgan fingerprint density at radius 1 is 1.19 bits per heavy atom. The van der Waals surface area contributed by atoms with E-state index in [1.165, 1.54) is 12.1 Å². The zero-order valence-corrected chi connectivity index (χ0v) is 11.4. The van der Waals surface area contributed by atoms with Crippen LogP contribution in [0, 0.1) is 12.7 Å². The Hall–Kier alpha value is -2.56. The third-order valence-electron chi connectivity index (χ3n) is 3.31. The highest BCUT2D eigenvalue weighted by Gasteiger charge is 2.23. The van der Waals surface area contributed by atoms with E-state index in [1.54, 1.807) is 25.1 Å². The first-order valence-corrected chi connectivity index (χ1v) is 6.50. The summed E-state index contributed by atoms with van der Waals surface area (Å²) in [5.41, 5.74) is 1.56. The Labute approximate surface area is 120 Å². The summed E-state index contributed by atoms with van der Waals surface area (Å²) in [5.74, 6) is -1.00. The Morgan fingerprint density at radius 3 is 2.67 bits per heavy atom. The lowest BCUT2D eigenvalue weighted by molar-refractivity contribution is 0.0686. The molecule has 0 aromatic heterocycles. The van der Waals surface area contributed by atoms with Crippen molar-refractivity contribution >= 4 is 5.97 Å². The van der Waals surface area contributed by atoms with Crippen LogP contribution < -0.4 is 9.47 Å². The van der Waals surface area contributed by atoms with Gasteiger partial charge in [0.05, 0.1) is 0 Å². The molecule has 0 unspecified atom stereocenters. The second kappa shape index (κ2) is 5.09. The molecule has 1 heterocycles. The molecule has 0 amide bonds. The highest BCUT2D eigenvalue weighted by molar-refractivity contribution is 5.94. The first kappa shape index (κ1) is 13.4. The minimum atomic E-state index is -1.13. The van der Waals surface area contributed by atoms with Gasteiger partial charge in [-0.15, -0.1) is 0 Å². The number of carboxylic acid groups (broad SMARTS) is 1. The zero-order valence-electron chi connectivity index (χ0n) is 11.4. The average molecular weight is 288 g/mol. The molecule has 108 valence electrons. The Kier molecular flexibility index (Phi) is 3.25. The SMILES string of the molecule is Cc1ccc(-c2cc3c(c(C(=O)O)c2)OCCO3)c(F)c1. The molecular formula is C16H13FO4. The molecule has 1 N–H and O–H groups in total. The molecule has 1 aliphatic heterocycles. The molecule has 21 heavy (non-hydrogen) atoms. The van der Waals surface area contributed by atoms with Crippen molar-refractivity contribution < 1.29 is 23.8 Å². The maximum Gasteiger partial charge on any atom is 0.339 e. The average Bonchev–Trinajstić information content (AvgIpc) is 2.46. The van der Waals surface area contributed by atoms with Crippen LogP contribution in [0.15, 0.2) is 30.3 Å². The normalized spacial score (nSPS) is 13.0. The van der Waals surface area contributed by atoms with Crippen LogP contribution in [-0.4, -0.2) is 24.3 Å². The van der Waals surface area contributed by atoms with Crippen LogP contribution in [-0.2, 0) is 0 Å². The predicted molar refractivity (Wildman–Crippen MR) is 74.5 cm³/mol. The van der Waals surface area contributed by atoms with E-state index in [4.69, 9.17) is 9.47 Å². The first-order valence-electron chi connectivity index (χ1n) is 6.50. The summed E-state index contributed by atoms with van der Waals surface area (Å²) in [5, 5.41) is 9.30. The molecular weight excluding hydrogens is 275 g/mol. The van der Waals surface area contributed by atoms with Gasteiger partial charge in [0.1, 0.15) is 24.6 Å². The molecule has 0 bridgehead atoms. The van der Waals surface area contributed by atoms with Gasteiger partial charge < -0.3 is 14.6 Å². The fourth-order valence-electron chi connectivity index (χ4n) is 2.32.